The molecule has 0 radical (unpaired) electrons. The Morgan fingerprint density at radius 1 is 1.09 bits per heavy atom. The van der Waals surface area contributed by atoms with E-state index < -0.39 is 0 Å². The molecule has 0 fully saturated rings. The van der Waals surface area contributed by atoms with Gasteiger partial charge in [-0.15, -0.1) is 0 Å². The van der Waals surface area contributed by atoms with Gasteiger partial charge in [-0.25, -0.2) is 9.97 Å². The van der Waals surface area contributed by atoms with Crippen LogP contribution >= 0.6 is 0 Å². The highest BCUT2D eigenvalue weighted by molar-refractivity contribution is 6.03. The number of oxazole rings is 1. The number of pyridine rings is 1. The van der Waals surface area contributed by atoms with Crippen molar-refractivity contribution in [3.05, 3.63) is 73.0 Å². The van der Waals surface area contributed by atoms with Crippen LogP contribution in [0.25, 0.3) is 17.1 Å². The number of carbonyl (C=O) groups excluding carboxylic acids is 1. The molecule has 1 N–H and O–H groups in total. The number of aromatic nitrogens is 3. The highest BCUT2D eigenvalue weighted by atomic mass is 16.3. The molecule has 112 valence electrons. The van der Waals surface area contributed by atoms with Crippen LogP contribution in [0, 0.1) is 0 Å². The fourth-order valence-electron chi connectivity index (χ4n) is 2.31. The molecule has 0 saturated carbocycles. The standard InChI is InChI=1S/C17H12N4O2/c22-16(19-13-4-2-1-3-5-13)14-11-21-10-12(6-7-15(21)20-14)17-18-8-9-23-17/h1-11H,(H,19,22). The number of hydrogen-bond donors (Lipinski definition) is 1. The van der Waals surface area contributed by atoms with Crippen LogP contribution in [0.2, 0.25) is 0 Å². The highest BCUT2D eigenvalue weighted by Gasteiger charge is 2.12. The van der Waals surface area contributed by atoms with E-state index in [0.29, 0.717) is 17.2 Å². The van der Waals surface area contributed by atoms with Gasteiger partial charge in [0.05, 0.1) is 11.8 Å². The summed E-state index contributed by atoms with van der Waals surface area (Å²) in [7, 11) is 0. The summed E-state index contributed by atoms with van der Waals surface area (Å²) in [5.74, 6) is 0.272. The number of hydrogen-bond acceptors (Lipinski definition) is 4. The molecule has 6 nitrogen and oxygen atoms in total. The largest absolute Gasteiger partial charge is 0.444 e. The summed E-state index contributed by atoms with van der Waals surface area (Å²) in [5, 5.41) is 2.82. The minimum absolute atomic E-state index is 0.252. The van der Waals surface area contributed by atoms with Crippen LogP contribution in [0.15, 0.2) is 71.7 Å². The van der Waals surface area contributed by atoms with Crippen molar-refractivity contribution in [3.63, 3.8) is 0 Å². The monoisotopic (exact) mass is 304 g/mol. The molecule has 0 unspecified atom stereocenters. The molecule has 3 heterocycles. The SMILES string of the molecule is O=C(Nc1ccccc1)c1cn2cc(-c3ncco3)ccc2n1. The molecule has 0 atom stereocenters. The molecule has 1 amide bonds. The second-order valence-corrected chi connectivity index (χ2v) is 4.97. The summed E-state index contributed by atoms with van der Waals surface area (Å²) in [6.07, 6.45) is 6.62. The fraction of sp³-hybridized carbons (Fsp3) is 0. The first-order chi connectivity index (χ1) is 11.3. The molecule has 0 aliphatic carbocycles. The Kier molecular flexibility index (Phi) is 3.12. The number of carbonyl (C=O) groups is 1. The second-order valence-electron chi connectivity index (χ2n) is 4.97. The van der Waals surface area contributed by atoms with Gasteiger partial charge in [0.25, 0.3) is 5.91 Å². The van der Waals surface area contributed by atoms with Gasteiger partial charge in [0.15, 0.2) is 0 Å². The lowest BCUT2D eigenvalue weighted by Gasteiger charge is -2.01. The van der Waals surface area contributed by atoms with Crippen molar-refractivity contribution in [2.24, 2.45) is 0 Å². The normalized spacial score (nSPS) is 10.8. The van der Waals surface area contributed by atoms with Crippen molar-refractivity contribution in [1.29, 1.82) is 0 Å². The molecular weight excluding hydrogens is 292 g/mol. The number of benzene rings is 1. The van der Waals surface area contributed by atoms with Crippen LogP contribution in [0.4, 0.5) is 5.69 Å². The minimum Gasteiger partial charge on any atom is -0.444 e. The van der Waals surface area contributed by atoms with Gasteiger partial charge in [-0.3, -0.25) is 4.79 Å². The van der Waals surface area contributed by atoms with Gasteiger partial charge >= 0.3 is 0 Å². The van der Waals surface area contributed by atoms with Gasteiger partial charge < -0.3 is 14.1 Å². The first-order valence-electron chi connectivity index (χ1n) is 7.05. The quantitative estimate of drug-likeness (QED) is 0.630. The molecule has 0 aliphatic rings. The number of rotatable bonds is 3. The Hall–Kier alpha value is -3.41. The number of amides is 1. The molecule has 0 bridgehead atoms. The zero-order chi connectivity index (χ0) is 15.6. The highest BCUT2D eigenvalue weighted by Crippen LogP contribution is 2.18. The van der Waals surface area contributed by atoms with Crippen molar-refractivity contribution >= 4 is 17.2 Å². The van der Waals surface area contributed by atoms with E-state index in [-0.39, 0.29) is 5.91 Å². The van der Waals surface area contributed by atoms with Gasteiger partial charge in [0.2, 0.25) is 5.89 Å². The average molecular weight is 304 g/mol. The molecule has 3 aromatic heterocycles. The Morgan fingerprint density at radius 3 is 2.74 bits per heavy atom. The van der Waals surface area contributed by atoms with Crippen molar-refractivity contribution in [3.8, 4) is 11.5 Å². The Morgan fingerprint density at radius 2 is 1.96 bits per heavy atom. The number of para-hydroxylation sites is 1. The van der Waals surface area contributed by atoms with Gasteiger partial charge in [-0.05, 0) is 24.3 Å². The molecule has 4 aromatic rings. The van der Waals surface area contributed by atoms with E-state index in [1.54, 1.807) is 16.8 Å². The number of nitrogens with zero attached hydrogens (tertiary/aromatic N) is 3. The van der Waals surface area contributed by atoms with E-state index in [0.717, 1.165) is 11.3 Å². The maximum absolute atomic E-state index is 12.3. The van der Waals surface area contributed by atoms with E-state index in [9.17, 15) is 4.79 Å². The van der Waals surface area contributed by atoms with Gasteiger partial charge in [-0.1, -0.05) is 18.2 Å². The molecular formula is C17H12N4O2. The zero-order valence-electron chi connectivity index (χ0n) is 12.0. The lowest BCUT2D eigenvalue weighted by atomic mass is 10.3. The summed E-state index contributed by atoms with van der Waals surface area (Å²) in [6.45, 7) is 0. The third kappa shape index (κ3) is 2.57. The second kappa shape index (κ2) is 5.42. The lowest BCUT2D eigenvalue weighted by molar-refractivity contribution is 0.102. The van der Waals surface area contributed by atoms with Crippen LogP contribution < -0.4 is 5.32 Å². The molecule has 1 aromatic carbocycles. The third-order valence-electron chi connectivity index (χ3n) is 3.39. The zero-order valence-corrected chi connectivity index (χ0v) is 12.0. The van der Waals surface area contributed by atoms with Crippen molar-refractivity contribution in [2.45, 2.75) is 0 Å². The lowest BCUT2D eigenvalue weighted by Crippen LogP contribution is -2.11. The fourth-order valence-corrected chi connectivity index (χ4v) is 2.31. The third-order valence-corrected chi connectivity index (χ3v) is 3.39. The number of fused-ring (bicyclic) bond motifs is 1. The van der Waals surface area contributed by atoms with Crippen LogP contribution in [-0.4, -0.2) is 20.3 Å². The van der Waals surface area contributed by atoms with Crippen LogP contribution in [0.1, 0.15) is 10.5 Å². The summed E-state index contributed by atoms with van der Waals surface area (Å²) >= 11 is 0. The maximum atomic E-state index is 12.3. The summed E-state index contributed by atoms with van der Waals surface area (Å²) in [6, 6.07) is 12.9. The summed E-state index contributed by atoms with van der Waals surface area (Å²) < 4.78 is 7.05. The topological polar surface area (TPSA) is 72.4 Å². The molecule has 6 heteroatoms. The summed E-state index contributed by atoms with van der Waals surface area (Å²) in [5.41, 5.74) is 2.57. The van der Waals surface area contributed by atoms with Gasteiger partial charge in [0.1, 0.15) is 17.6 Å². The Bertz CT molecular complexity index is 959. The Labute approximate surface area is 131 Å². The average Bonchev–Trinajstić information content (AvgIpc) is 3.24. The molecule has 0 aliphatic heterocycles. The predicted molar refractivity (Wildman–Crippen MR) is 85.1 cm³/mol. The smallest absolute Gasteiger partial charge is 0.275 e. The first kappa shape index (κ1) is 13.3. The van der Waals surface area contributed by atoms with E-state index in [4.69, 9.17) is 4.42 Å². The predicted octanol–water partition coefficient (Wildman–Crippen LogP) is 3.24. The van der Waals surface area contributed by atoms with Crippen molar-refractivity contribution in [2.75, 3.05) is 5.32 Å². The van der Waals surface area contributed by atoms with Crippen LogP contribution in [0.3, 0.4) is 0 Å². The summed E-state index contributed by atoms with van der Waals surface area (Å²) in [4.78, 5) is 20.7. The van der Waals surface area contributed by atoms with Crippen LogP contribution in [-0.2, 0) is 0 Å². The van der Waals surface area contributed by atoms with E-state index in [2.05, 4.69) is 15.3 Å². The molecule has 0 saturated heterocycles. The number of nitrogens with one attached hydrogen (secondary N) is 1. The minimum atomic E-state index is -0.252. The van der Waals surface area contributed by atoms with Crippen LogP contribution in [0.5, 0.6) is 0 Å². The van der Waals surface area contributed by atoms with E-state index in [1.807, 2.05) is 48.7 Å². The van der Waals surface area contributed by atoms with Crippen molar-refractivity contribution < 1.29 is 9.21 Å². The number of imidazole rings is 1. The van der Waals surface area contributed by atoms with Gasteiger partial charge in [-0.2, -0.15) is 0 Å². The molecule has 23 heavy (non-hydrogen) atoms. The Balaban J connectivity index is 1.65. The maximum Gasteiger partial charge on any atom is 0.275 e. The van der Waals surface area contributed by atoms with Gasteiger partial charge in [0, 0.05) is 18.1 Å². The van der Waals surface area contributed by atoms with Crippen molar-refractivity contribution in [1.82, 2.24) is 14.4 Å². The molecule has 0 spiro atoms. The molecule has 4 rings (SSSR count). The number of anilines is 1. The van der Waals surface area contributed by atoms with E-state index >= 15 is 0 Å². The first-order valence-corrected chi connectivity index (χ1v) is 7.05. The van der Waals surface area contributed by atoms with E-state index in [1.165, 1.54) is 6.26 Å².